The van der Waals surface area contributed by atoms with E-state index in [0.29, 0.717) is 16.4 Å². The molecule has 0 bridgehead atoms. The Bertz CT molecular complexity index is 519. The lowest BCUT2D eigenvalue weighted by Crippen LogP contribution is -1.97. The number of aromatic carboxylic acids is 1. The van der Waals surface area contributed by atoms with Crippen molar-refractivity contribution in [3.8, 4) is 0 Å². The standard InChI is InChI=1S/C9H7ClN2O2/c1-5-8(9(13)14)6-3-2-4-7(10)12(6)11-5/h2-4H,1H3,(H,13,14). The third-order valence-corrected chi connectivity index (χ3v) is 2.29. The fraction of sp³-hybridized carbons (Fsp3) is 0.111. The molecule has 0 amide bonds. The molecule has 2 rings (SSSR count). The average Bonchev–Trinajstić information content (AvgIpc) is 2.42. The quantitative estimate of drug-likeness (QED) is 0.733. The van der Waals surface area contributed by atoms with Crippen molar-refractivity contribution in [1.82, 2.24) is 9.61 Å². The van der Waals surface area contributed by atoms with Crippen LogP contribution in [0.1, 0.15) is 16.1 Å². The Morgan fingerprint density at radius 1 is 1.57 bits per heavy atom. The molecular formula is C9H7ClN2O2. The van der Waals surface area contributed by atoms with Crippen LogP contribution in [0.5, 0.6) is 0 Å². The molecule has 0 aromatic carbocycles. The monoisotopic (exact) mass is 210 g/mol. The van der Waals surface area contributed by atoms with Gasteiger partial charge < -0.3 is 5.11 Å². The molecule has 2 aromatic rings. The van der Waals surface area contributed by atoms with E-state index < -0.39 is 5.97 Å². The lowest BCUT2D eigenvalue weighted by molar-refractivity contribution is 0.0698. The van der Waals surface area contributed by atoms with Crippen LogP contribution in [0, 0.1) is 6.92 Å². The highest BCUT2D eigenvalue weighted by Gasteiger charge is 2.16. The molecule has 0 aliphatic heterocycles. The van der Waals surface area contributed by atoms with Gasteiger partial charge in [-0.1, -0.05) is 17.7 Å². The van der Waals surface area contributed by atoms with Crippen LogP contribution in [-0.2, 0) is 0 Å². The summed E-state index contributed by atoms with van der Waals surface area (Å²) in [6.45, 7) is 1.65. The van der Waals surface area contributed by atoms with E-state index >= 15 is 0 Å². The molecule has 0 spiro atoms. The normalized spacial score (nSPS) is 10.7. The number of carbonyl (C=O) groups is 1. The second kappa shape index (κ2) is 2.99. The highest BCUT2D eigenvalue weighted by atomic mass is 35.5. The van der Waals surface area contributed by atoms with E-state index in [4.69, 9.17) is 16.7 Å². The Kier molecular flexibility index (Phi) is 1.93. The van der Waals surface area contributed by atoms with Crippen molar-refractivity contribution in [3.05, 3.63) is 34.6 Å². The molecule has 0 unspecified atom stereocenters. The van der Waals surface area contributed by atoms with Gasteiger partial charge in [0.25, 0.3) is 0 Å². The summed E-state index contributed by atoms with van der Waals surface area (Å²) in [5.74, 6) is -0.986. The SMILES string of the molecule is Cc1nn2c(Cl)cccc2c1C(=O)O. The van der Waals surface area contributed by atoms with E-state index in [-0.39, 0.29) is 5.56 Å². The number of pyridine rings is 1. The van der Waals surface area contributed by atoms with Gasteiger partial charge in [0.15, 0.2) is 0 Å². The zero-order valence-corrected chi connectivity index (χ0v) is 8.12. The minimum Gasteiger partial charge on any atom is -0.478 e. The predicted molar refractivity (Wildman–Crippen MR) is 51.9 cm³/mol. The number of carboxylic acid groups (broad SMARTS) is 1. The minimum absolute atomic E-state index is 0.201. The maximum Gasteiger partial charge on any atom is 0.339 e. The van der Waals surface area contributed by atoms with E-state index in [0.717, 1.165) is 0 Å². The number of aryl methyl sites for hydroxylation is 1. The summed E-state index contributed by atoms with van der Waals surface area (Å²) in [6.07, 6.45) is 0. The highest BCUT2D eigenvalue weighted by molar-refractivity contribution is 6.29. The topological polar surface area (TPSA) is 54.6 Å². The number of aromatic nitrogens is 2. The van der Waals surface area contributed by atoms with Gasteiger partial charge in [-0.05, 0) is 19.1 Å². The van der Waals surface area contributed by atoms with Gasteiger partial charge in [-0.15, -0.1) is 0 Å². The van der Waals surface area contributed by atoms with Crippen LogP contribution in [0.2, 0.25) is 5.15 Å². The molecule has 0 saturated heterocycles. The molecule has 0 radical (unpaired) electrons. The number of halogens is 1. The van der Waals surface area contributed by atoms with Crippen molar-refractivity contribution in [2.75, 3.05) is 0 Å². The van der Waals surface area contributed by atoms with Crippen molar-refractivity contribution >= 4 is 23.1 Å². The summed E-state index contributed by atoms with van der Waals surface area (Å²) in [7, 11) is 0. The van der Waals surface area contributed by atoms with Crippen LogP contribution in [-0.4, -0.2) is 20.7 Å². The van der Waals surface area contributed by atoms with E-state index in [1.165, 1.54) is 4.52 Å². The van der Waals surface area contributed by atoms with Gasteiger partial charge >= 0.3 is 5.97 Å². The zero-order chi connectivity index (χ0) is 10.3. The van der Waals surface area contributed by atoms with Crippen LogP contribution in [0.4, 0.5) is 0 Å². The van der Waals surface area contributed by atoms with Gasteiger partial charge in [0.2, 0.25) is 0 Å². The molecule has 72 valence electrons. The second-order valence-electron chi connectivity index (χ2n) is 2.91. The third-order valence-electron chi connectivity index (χ3n) is 2.00. The zero-order valence-electron chi connectivity index (χ0n) is 7.36. The van der Waals surface area contributed by atoms with Gasteiger partial charge in [-0.3, -0.25) is 0 Å². The molecule has 14 heavy (non-hydrogen) atoms. The third kappa shape index (κ3) is 1.15. The predicted octanol–water partition coefficient (Wildman–Crippen LogP) is 1.99. The first-order valence-electron chi connectivity index (χ1n) is 3.98. The molecule has 2 heterocycles. The van der Waals surface area contributed by atoms with Crippen LogP contribution >= 0.6 is 11.6 Å². The molecular weight excluding hydrogens is 204 g/mol. The van der Waals surface area contributed by atoms with Crippen molar-refractivity contribution in [2.45, 2.75) is 6.92 Å². The summed E-state index contributed by atoms with van der Waals surface area (Å²) in [5, 5.41) is 13.4. The lowest BCUT2D eigenvalue weighted by atomic mass is 10.2. The number of nitrogens with zero attached hydrogens (tertiary/aromatic N) is 2. The lowest BCUT2D eigenvalue weighted by Gasteiger charge is -1.95. The van der Waals surface area contributed by atoms with E-state index in [9.17, 15) is 4.79 Å². The summed E-state index contributed by atoms with van der Waals surface area (Å²) in [6, 6.07) is 5.03. The van der Waals surface area contributed by atoms with E-state index in [1.54, 1.807) is 25.1 Å². The Balaban J connectivity index is 2.90. The number of hydrogen-bond donors (Lipinski definition) is 1. The molecule has 0 saturated carbocycles. The van der Waals surface area contributed by atoms with Crippen LogP contribution in [0.15, 0.2) is 18.2 Å². The molecule has 0 atom stereocenters. The maximum absolute atomic E-state index is 10.9. The van der Waals surface area contributed by atoms with Crippen LogP contribution in [0.25, 0.3) is 5.52 Å². The largest absolute Gasteiger partial charge is 0.478 e. The first-order chi connectivity index (χ1) is 6.61. The summed E-state index contributed by atoms with van der Waals surface area (Å²) >= 11 is 5.85. The molecule has 0 aliphatic carbocycles. The Hall–Kier alpha value is -1.55. The van der Waals surface area contributed by atoms with Crippen LogP contribution < -0.4 is 0 Å². The van der Waals surface area contributed by atoms with Crippen molar-refractivity contribution in [3.63, 3.8) is 0 Å². The number of rotatable bonds is 1. The average molecular weight is 211 g/mol. The maximum atomic E-state index is 10.9. The fourth-order valence-corrected chi connectivity index (χ4v) is 1.62. The molecule has 2 aromatic heterocycles. The number of fused-ring (bicyclic) bond motifs is 1. The Morgan fingerprint density at radius 2 is 2.29 bits per heavy atom. The second-order valence-corrected chi connectivity index (χ2v) is 3.30. The highest BCUT2D eigenvalue weighted by Crippen LogP contribution is 2.19. The smallest absolute Gasteiger partial charge is 0.339 e. The van der Waals surface area contributed by atoms with E-state index in [1.807, 2.05) is 0 Å². The molecule has 4 nitrogen and oxygen atoms in total. The van der Waals surface area contributed by atoms with Crippen molar-refractivity contribution < 1.29 is 9.90 Å². The van der Waals surface area contributed by atoms with Gasteiger partial charge in [0.1, 0.15) is 10.7 Å². The molecule has 0 fully saturated rings. The summed E-state index contributed by atoms with van der Waals surface area (Å²) in [5.41, 5.74) is 1.18. The van der Waals surface area contributed by atoms with E-state index in [2.05, 4.69) is 5.10 Å². The summed E-state index contributed by atoms with van der Waals surface area (Å²) < 4.78 is 1.42. The fourth-order valence-electron chi connectivity index (χ4n) is 1.42. The number of hydrogen-bond acceptors (Lipinski definition) is 2. The first kappa shape index (κ1) is 9.02. The molecule has 5 heteroatoms. The Labute approximate surface area is 84.7 Å². The van der Waals surface area contributed by atoms with Gasteiger partial charge in [0, 0.05) is 0 Å². The number of carboxylic acids is 1. The molecule has 0 aliphatic rings. The summed E-state index contributed by atoms with van der Waals surface area (Å²) in [4.78, 5) is 10.9. The van der Waals surface area contributed by atoms with Gasteiger partial charge in [-0.25, -0.2) is 9.31 Å². The molecule has 1 N–H and O–H groups in total. The Morgan fingerprint density at radius 3 is 2.93 bits per heavy atom. The first-order valence-corrected chi connectivity index (χ1v) is 4.36. The van der Waals surface area contributed by atoms with Gasteiger partial charge in [-0.2, -0.15) is 5.10 Å². The van der Waals surface area contributed by atoms with Crippen LogP contribution in [0.3, 0.4) is 0 Å². The minimum atomic E-state index is -0.986. The van der Waals surface area contributed by atoms with Crippen molar-refractivity contribution in [1.29, 1.82) is 0 Å². The van der Waals surface area contributed by atoms with Crippen molar-refractivity contribution in [2.24, 2.45) is 0 Å². The van der Waals surface area contributed by atoms with Gasteiger partial charge in [0.05, 0.1) is 11.2 Å².